The molecule has 0 fully saturated rings. The van der Waals surface area contributed by atoms with E-state index in [2.05, 4.69) is 0 Å². The van der Waals surface area contributed by atoms with Crippen molar-refractivity contribution in [1.82, 2.24) is 4.57 Å². The Morgan fingerprint density at radius 1 is 1.31 bits per heavy atom. The van der Waals surface area contributed by atoms with Crippen molar-refractivity contribution in [3.05, 3.63) is 45.2 Å². The largest absolute Gasteiger partial charge is 0.326 e. The first-order chi connectivity index (χ1) is 7.57. The fourth-order valence-corrected chi connectivity index (χ4v) is 2.27. The average Bonchev–Trinajstić information content (AvgIpc) is 2.27. The van der Waals surface area contributed by atoms with Crippen LogP contribution >= 0.6 is 0 Å². The summed E-state index contributed by atoms with van der Waals surface area (Å²) in [4.78, 5) is 12.1. The first-order valence-corrected chi connectivity index (χ1v) is 5.35. The van der Waals surface area contributed by atoms with Crippen LogP contribution in [0.4, 0.5) is 0 Å². The van der Waals surface area contributed by atoms with Gasteiger partial charge >= 0.3 is 0 Å². The Labute approximate surface area is 94.5 Å². The van der Waals surface area contributed by atoms with Gasteiger partial charge in [0.2, 0.25) is 0 Å². The minimum Gasteiger partial charge on any atom is -0.326 e. The van der Waals surface area contributed by atoms with Crippen molar-refractivity contribution in [2.75, 3.05) is 0 Å². The maximum Gasteiger partial charge on any atom is 0.255 e. The molecule has 2 N–H and O–H groups in total. The standard InChI is InChI=1S/C13H16N2O/c1-8-5-4-6-10-9(2)11(7-14)13(16)15(3)12(8)10/h4-6H,7,14H2,1-3H3. The molecular formula is C13H16N2O. The Hall–Kier alpha value is -1.61. The smallest absolute Gasteiger partial charge is 0.255 e. The third-order valence-corrected chi connectivity index (χ3v) is 3.20. The zero-order valence-corrected chi connectivity index (χ0v) is 9.87. The number of hydrogen-bond acceptors (Lipinski definition) is 2. The van der Waals surface area contributed by atoms with E-state index in [1.165, 1.54) is 0 Å². The molecule has 0 spiro atoms. The fourth-order valence-electron chi connectivity index (χ4n) is 2.27. The van der Waals surface area contributed by atoms with Crippen LogP contribution in [0.1, 0.15) is 16.7 Å². The molecule has 0 saturated carbocycles. The second kappa shape index (κ2) is 3.76. The van der Waals surface area contributed by atoms with E-state index in [1.54, 1.807) is 11.6 Å². The number of pyridine rings is 1. The Morgan fingerprint density at radius 2 is 2.00 bits per heavy atom. The highest BCUT2D eigenvalue weighted by Crippen LogP contribution is 2.21. The summed E-state index contributed by atoms with van der Waals surface area (Å²) in [6, 6.07) is 6.06. The summed E-state index contributed by atoms with van der Waals surface area (Å²) in [5.41, 5.74) is 9.48. The summed E-state index contributed by atoms with van der Waals surface area (Å²) in [5, 5.41) is 1.11. The molecule has 0 bridgehead atoms. The van der Waals surface area contributed by atoms with Crippen molar-refractivity contribution in [3.63, 3.8) is 0 Å². The second-order valence-electron chi connectivity index (χ2n) is 4.14. The zero-order chi connectivity index (χ0) is 11.9. The predicted octanol–water partition coefficient (Wildman–Crippen LogP) is 1.61. The molecule has 84 valence electrons. The van der Waals surface area contributed by atoms with Gasteiger partial charge in [-0.3, -0.25) is 4.79 Å². The first kappa shape index (κ1) is 10.9. The molecule has 0 saturated heterocycles. The number of benzene rings is 1. The molecule has 0 atom stereocenters. The van der Waals surface area contributed by atoms with Crippen LogP contribution in [0.25, 0.3) is 10.9 Å². The molecule has 0 radical (unpaired) electrons. The lowest BCUT2D eigenvalue weighted by Crippen LogP contribution is -2.25. The van der Waals surface area contributed by atoms with Crippen molar-refractivity contribution in [2.24, 2.45) is 12.8 Å². The van der Waals surface area contributed by atoms with Gasteiger partial charge in [-0.2, -0.15) is 0 Å². The van der Waals surface area contributed by atoms with E-state index in [-0.39, 0.29) is 5.56 Å². The molecule has 0 aliphatic heterocycles. The van der Waals surface area contributed by atoms with Crippen molar-refractivity contribution < 1.29 is 0 Å². The van der Waals surface area contributed by atoms with Crippen LogP contribution in [0, 0.1) is 13.8 Å². The van der Waals surface area contributed by atoms with E-state index in [4.69, 9.17) is 5.73 Å². The highest BCUT2D eigenvalue weighted by molar-refractivity contribution is 5.86. The molecule has 16 heavy (non-hydrogen) atoms. The predicted molar refractivity (Wildman–Crippen MR) is 66.6 cm³/mol. The van der Waals surface area contributed by atoms with Crippen LogP contribution in [0.15, 0.2) is 23.0 Å². The van der Waals surface area contributed by atoms with Crippen molar-refractivity contribution >= 4 is 10.9 Å². The topological polar surface area (TPSA) is 48.0 Å². The number of para-hydroxylation sites is 1. The van der Waals surface area contributed by atoms with Gasteiger partial charge in [0, 0.05) is 24.5 Å². The van der Waals surface area contributed by atoms with Gasteiger partial charge in [0.25, 0.3) is 5.56 Å². The van der Waals surface area contributed by atoms with Crippen LogP contribution < -0.4 is 11.3 Å². The molecule has 3 heteroatoms. The third-order valence-electron chi connectivity index (χ3n) is 3.20. The van der Waals surface area contributed by atoms with Crippen LogP contribution in [0.5, 0.6) is 0 Å². The van der Waals surface area contributed by atoms with E-state index in [9.17, 15) is 4.79 Å². The van der Waals surface area contributed by atoms with Crippen LogP contribution in [-0.4, -0.2) is 4.57 Å². The van der Waals surface area contributed by atoms with Gasteiger partial charge in [0.15, 0.2) is 0 Å². The summed E-state index contributed by atoms with van der Waals surface area (Å²) in [6.07, 6.45) is 0. The Balaban J connectivity index is 3.08. The summed E-state index contributed by atoms with van der Waals surface area (Å²) in [6.45, 7) is 4.27. The first-order valence-electron chi connectivity index (χ1n) is 5.35. The third kappa shape index (κ3) is 1.36. The summed E-state index contributed by atoms with van der Waals surface area (Å²) in [7, 11) is 1.80. The van der Waals surface area contributed by atoms with Gasteiger partial charge < -0.3 is 10.3 Å². The van der Waals surface area contributed by atoms with Crippen LogP contribution in [-0.2, 0) is 13.6 Å². The summed E-state index contributed by atoms with van der Waals surface area (Å²) < 4.78 is 1.69. The molecule has 1 aromatic carbocycles. The highest BCUT2D eigenvalue weighted by Gasteiger charge is 2.11. The molecule has 2 aromatic rings. The van der Waals surface area contributed by atoms with Gasteiger partial charge in [-0.15, -0.1) is 0 Å². The Kier molecular flexibility index (Phi) is 2.56. The van der Waals surface area contributed by atoms with Crippen molar-refractivity contribution in [2.45, 2.75) is 20.4 Å². The van der Waals surface area contributed by atoms with Crippen LogP contribution in [0.2, 0.25) is 0 Å². The molecule has 1 heterocycles. The molecular weight excluding hydrogens is 200 g/mol. The summed E-state index contributed by atoms with van der Waals surface area (Å²) in [5.74, 6) is 0. The fraction of sp³-hybridized carbons (Fsp3) is 0.308. The SMILES string of the molecule is Cc1c(CN)c(=O)n(C)c2c(C)cccc12. The van der Waals surface area contributed by atoms with E-state index < -0.39 is 0 Å². The summed E-state index contributed by atoms with van der Waals surface area (Å²) >= 11 is 0. The number of aromatic nitrogens is 1. The lowest BCUT2D eigenvalue weighted by atomic mass is 10.0. The van der Waals surface area contributed by atoms with Gasteiger partial charge in [-0.05, 0) is 25.0 Å². The van der Waals surface area contributed by atoms with Crippen molar-refractivity contribution in [1.29, 1.82) is 0 Å². The zero-order valence-electron chi connectivity index (χ0n) is 9.87. The van der Waals surface area contributed by atoms with Gasteiger partial charge in [0.1, 0.15) is 0 Å². The number of hydrogen-bond donors (Lipinski definition) is 1. The van der Waals surface area contributed by atoms with E-state index in [0.29, 0.717) is 12.1 Å². The van der Waals surface area contributed by atoms with Crippen LogP contribution in [0.3, 0.4) is 0 Å². The normalized spacial score (nSPS) is 11.0. The number of fused-ring (bicyclic) bond motifs is 1. The van der Waals surface area contributed by atoms with Gasteiger partial charge in [-0.1, -0.05) is 18.2 Å². The number of nitrogens with two attached hydrogens (primary N) is 1. The maximum absolute atomic E-state index is 12.1. The minimum atomic E-state index is 0.0156. The van der Waals surface area contributed by atoms with Gasteiger partial charge in [-0.25, -0.2) is 0 Å². The molecule has 0 amide bonds. The maximum atomic E-state index is 12.1. The molecule has 0 unspecified atom stereocenters. The molecule has 0 aliphatic rings. The quantitative estimate of drug-likeness (QED) is 0.787. The van der Waals surface area contributed by atoms with Crippen molar-refractivity contribution in [3.8, 4) is 0 Å². The molecule has 3 nitrogen and oxygen atoms in total. The van der Waals surface area contributed by atoms with Gasteiger partial charge in [0.05, 0.1) is 5.52 Å². The average molecular weight is 216 g/mol. The minimum absolute atomic E-state index is 0.0156. The lowest BCUT2D eigenvalue weighted by molar-refractivity contribution is 0.859. The number of nitrogens with zero attached hydrogens (tertiary/aromatic N) is 1. The van der Waals surface area contributed by atoms with E-state index >= 15 is 0 Å². The Morgan fingerprint density at radius 3 is 2.62 bits per heavy atom. The van der Waals surface area contributed by atoms with E-state index in [0.717, 1.165) is 22.0 Å². The monoisotopic (exact) mass is 216 g/mol. The molecule has 0 aliphatic carbocycles. The number of aryl methyl sites for hydroxylation is 3. The molecule has 2 rings (SSSR count). The number of rotatable bonds is 1. The molecule has 1 aromatic heterocycles. The Bertz CT molecular complexity index is 611. The lowest BCUT2D eigenvalue weighted by Gasteiger charge is -2.13. The highest BCUT2D eigenvalue weighted by atomic mass is 16.1. The second-order valence-corrected chi connectivity index (χ2v) is 4.14. The van der Waals surface area contributed by atoms with E-state index in [1.807, 2.05) is 32.0 Å².